The molecule has 2 unspecified atom stereocenters. The molecule has 6 heteroatoms. The van der Waals surface area contributed by atoms with Crippen LogP contribution in [0, 0.1) is 5.92 Å². The highest BCUT2D eigenvalue weighted by Gasteiger charge is 2.49. The molecule has 9 aromatic rings. The first-order valence-electron chi connectivity index (χ1n) is 24.9. The van der Waals surface area contributed by atoms with Gasteiger partial charge in [0.2, 0.25) is 13.4 Å². The van der Waals surface area contributed by atoms with Crippen LogP contribution in [0.15, 0.2) is 241 Å². The summed E-state index contributed by atoms with van der Waals surface area (Å²) < 4.78 is 5.21. The summed E-state index contributed by atoms with van der Waals surface area (Å²) in [5.41, 5.74) is 17.8. The van der Waals surface area contributed by atoms with Gasteiger partial charge >= 0.3 is 0 Å². The molecule has 0 radical (unpaired) electrons. The van der Waals surface area contributed by atoms with Gasteiger partial charge in [0.15, 0.2) is 0 Å². The fourth-order valence-electron chi connectivity index (χ4n) is 11.3. The molecule has 2 atom stereocenters. The highest BCUT2D eigenvalue weighted by molar-refractivity contribution is 6.95. The molecule has 2 aliphatic carbocycles. The number of hydrogen-bond donors (Lipinski definition) is 0. The van der Waals surface area contributed by atoms with Crippen LogP contribution in [0.1, 0.15) is 41.6 Å². The number of likely N-dealkylation sites (N-methyl/N-ethyl adjacent to an activating group) is 1. The Bertz CT molecular complexity index is 3450. The van der Waals surface area contributed by atoms with Gasteiger partial charge < -0.3 is 14.0 Å². The molecule has 7 aromatic carbocycles. The zero-order valence-electron chi connectivity index (χ0n) is 40.5. The van der Waals surface area contributed by atoms with E-state index in [0.29, 0.717) is 31.9 Å². The van der Waals surface area contributed by atoms with E-state index in [1.807, 2.05) is 12.2 Å². The third-order valence-corrected chi connectivity index (χ3v) is 14.8. The highest BCUT2D eigenvalue weighted by atomic mass is 15.2. The molecule has 2 aliphatic rings. The van der Waals surface area contributed by atoms with Crippen LogP contribution in [-0.4, -0.2) is 40.2 Å². The van der Waals surface area contributed by atoms with Gasteiger partial charge in [0.25, 0.3) is 0 Å². The number of allylic oxidation sites excluding steroid dienone is 8. The minimum Gasteiger partial charge on any atom is -0.360 e. The standard InChI is InChI=1S/C64H58B2N4/c1-5-7-34-52(40-46-24-14-9-15-25-46)68(4)45-70-62-57-42-55(57)59(65(3)48-28-18-11-19-29-48)43-58(62)54-38-37-53-56-41-51(66(49-30-20-12-21-31-49)50-32-22-13-23-33-50)36-39-61(56)69(63(53)64(54)70)44-67-60(35-8-6-2)47-26-16-10-17-27-47/h5-39,41,43,55,57H,2,40,42,44-45H2,1,3-4H3/b7-5-,35-8-,52-34-,67-60+. The molecule has 1 saturated carbocycles. The van der Waals surface area contributed by atoms with Gasteiger partial charge in [-0.05, 0) is 48.6 Å². The summed E-state index contributed by atoms with van der Waals surface area (Å²) >= 11 is 0. The van der Waals surface area contributed by atoms with Crippen molar-refractivity contribution < 1.29 is 0 Å². The first-order valence-corrected chi connectivity index (χ1v) is 24.9. The van der Waals surface area contributed by atoms with Gasteiger partial charge in [0.05, 0.1) is 28.9 Å². The van der Waals surface area contributed by atoms with Crippen molar-refractivity contribution in [2.75, 3.05) is 7.05 Å². The first-order chi connectivity index (χ1) is 34.5. The minimum absolute atomic E-state index is 0.0689. The first kappa shape index (κ1) is 44.7. The SMILES string of the molecule is C=C/C=C\C(=N/Cn1c2ccc(B(c3ccccc3)c3ccccc3)cc2c2ccc3c4c(n(CN(C)/C(=C\C=C/C)Cc5ccccc5)c3c21)C1CC1C(B(C)c1ccccc1)=C4)c1ccccc1. The Balaban J connectivity index is 1.18. The number of aliphatic imine (C=N–C) groups is 1. The second-order valence-corrected chi connectivity index (χ2v) is 19.1. The van der Waals surface area contributed by atoms with Crippen molar-refractivity contribution in [2.45, 2.75) is 45.8 Å². The van der Waals surface area contributed by atoms with Gasteiger partial charge in [-0.2, -0.15) is 0 Å². The van der Waals surface area contributed by atoms with Crippen molar-refractivity contribution in [2.24, 2.45) is 10.9 Å². The molecule has 2 heterocycles. The summed E-state index contributed by atoms with van der Waals surface area (Å²) in [6, 6.07) is 66.4. The van der Waals surface area contributed by atoms with E-state index in [9.17, 15) is 0 Å². The Hall–Kier alpha value is -7.82. The van der Waals surface area contributed by atoms with Crippen molar-refractivity contribution >= 4 is 79.8 Å². The van der Waals surface area contributed by atoms with E-state index in [1.54, 1.807) is 5.47 Å². The molecule has 11 rings (SSSR count). The van der Waals surface area contributed by atoms with Crippen LogP contribution in [0.3, 0.4) is 0 Å². The van der Waals surface area contributed by atoms with Crippen LogP contribution in [0.5, 0.6) is 0 Å². The second kappa shape index (κ2) is 19.7. The normalized spacial score (nSPS) is 15.7. The molecular formula is C64H58B2N4. The van der Waals surface area contributed by atoms with E-state index < -0.39 is 0 Å². The van der Waals surface area contributed by atoms with E-state index >= 15 is 0 Å². The second-order valence-electron chi connectivity index (χ2n) is 19.1. The molecule has 340 valence electrons. The third-order valence-electron chi connectivity index (χ3n) is 14.8. The molecule has 2 aromatic heterocycles. The lowest BCUT2D eigenvalue weighted by molar-refractivity contribution is 0.329. The van der Waals surface area contributed by atoms with Crippen molar-refractivity contribution in [1.82, 2.24) is 14.0 Å². The number of benzene rings is 7. The van der Waals surface area contributed by atoms with E-state index in [-0.39, 0.29) is 6.71 Å². The Labute approximate surface area is 414 Å². The summed E-state index contributed by atoms with van der Waals surface area (Å²) in [6.45, 7) is 10.1. The van der Waals surface area contributed by atoms with Gasteiger partial charge in [-0.15, -0.1) is 0 Å². The fraction of sp³-hybridized carbons (Fsp3) is 0.141. The van der Waals surface area contributed by atoms with Gasteiger partial charge in [-0.1, -0.05) is 247 Å². The highest BCUT2D eigenvalue weighted by Crippen LogP contribution is 2.59. The number of aromatic nitrogens is 2. The fourth-order valence-corrected chi connectivity index (χ4v) is 11.3. The van der Waals surface area contributed by atoms with Crippen LogP contribution in [0.25, 0.3) is 38.8 Å². The number of nitrogens with zero attached hydrogens (tertiary/aromatic N) is 4. The van der Waals surface area contributed by atoms with E-state index in [2.05, 4.69) is 254 Å². The van der Waals surface area contributed by atoms with Crippen LogP contribution < -0.4 is 21.9 Å². The summed E-state index contributed by atoms with van der Waals surface area (Å²) in [5.74, 6) is 0.965. The molecule has 70 heavy (non-hydrogen) atoms. The maximum Gasteiger partial charge on any atom is 0.241 e. The summed E-state index contributed by atoms with van der Waals surface area (Å²) in [5, 5.41) is 3.78. The predicted molar refractivity (Wildman–Crippen MR) is 302 cm³/mol. The molecule has 0 saturated heterocycles. The third kappa shape index (κ3) is 8.53. The van der Waals surface area contributed by atoms with E-state index in [4.69, 9.17) is 4.99 Å². The molecule has 1 fully saturated rings. The smallest absolute Gasteiger partial charge is 0.241 e. The van der Waals surface area contributed by atoms with Gasteiger partial charge in [-0.25, -0.2) is 0 Å². The Morgan fingerprint density at radius 2 is 1.29 bits per heavy atom. The van der Waals surface area contributed by atoms with Crippen molar-refractivity contribution in [3.05, 3.63) is 259 Å². The average molecular weight is 905 g/mol. The van der Waals surface area contributed by atoms with E-state index in [1.165, 1.54) is 77.1 Å². The van der Waals surface area contributed by atoms with Crippen LogP contribution in [0.4, 0.5) is 0 Å². The maximum absolute atomic E-state index is 5.50. The summed E-state index contributed by atoms with van der Waals surface area (Å²) in [4.78, 5) is 7.99. The zero-order chi connectivity index (χ0) is 47.6. The number of rotatable bonds is 16. The lowest BCUT2D eigenvalue weighted by Crippen LogP contribution is -2.51. The zero-order valence-corrected chi connectivity index (χ0v) is 40.5. The average Bonchev–Trinajstić information content (AvgIpc) is 4.07. The Morgan fingerprint density at radius 1 is 0.671 bits per heavy atom. The maximum atomic E-state index is 5.50. The molecule has 4 nitrogen and oxygen atoms in total. The molecule has 0 aliphatic heterocycles. The van der Waals surface area contributed by atoms with Gasteiger partial charge in [0, 0.05) is 52.5 Å². The number of fused-ring (bicyclic) bond motifs is 9. The van der Waals surface area contributed by atoms with Gasteiger partial charge in [0.1, 0.15) is 6.67 Å². The molecule has 0 spiro atoms. The number of hydrogen-bond acceptors (Lipinski definition) is 2. The predicted octanol–water partition coefficient (Wildman–Crippen LogP) is 12.1. The largest absolute Gasteiger partial charge is 0.360 e. The minimum atomic E-state index is 0.0689. The lowest BCUT2D eigenvalue weighted by atomic mass is 9.37. The summed E-state index contributed by atoms with van der Waals surface area (Å²) in [7, 11) is 2.28. The lowest BCUT2D eigenvalue weighted by Gasteiger charge is -2.27. The van der Waals surface area contributed by atoms with Crippen molar-refractivity contribution in [3.8, 4) is 0 Å². The quantitative estimate of drug-likeness (QED) is 0.0539. The molecule has 0 bridgehead atoms. The van der Waals surface area contributed by atoms with Crippen molar-refractivity contribution in [1.29, 1.82) is 0 Å². The molecule has 0 amide bonds. The van der Waals surface area contributed by atoms with Crippen molar-refractivity contribution in [3.63, 3.8) is 0 Å². The summed E-state index contributed by atoms with van der Waals surface area (Å²) in [6.07, 6.45) is 17.1. The Kier molecular flexibility index (Phi) is 12.5. The van der Waals surface area contributed by atoms with Crippen LogP contribution in [-0.2, 0) is 19.8 Å². The monoisotopic (exact) mass is 904 g/mol. The Morgan fingerprint density at radius 3 is 1.94 bits per heavy atom. The topological polar surface area (TPSA) is 25.5 Å². The van der Waals surface area contributed by atoms with Crippen LogP contribution >= 0.6 is 0 Å². The van der Waals surface area contributed by atoms with Gasteiger partial charge in [-0.3, -0.25) is 4.99 Å². The molecular weight excluding hydrogens is 846 g/mol. The molecule has 0 N–H and O–H groups in total. The van der Waals surface area contributed by atoms with E-state index in [0.717, 1.165) is 24.1 Å². The van der Waals surface area contributed by atoms with Crippen LogP contribution in [0.2, 0.25) is 6.82 Å².